The molecule has 0 spiro atoms. The predicted molar refractivity (Wildman–Crippen MR) is 59.6 cm³/mol. The second kappa shape index (κ2) is 18.2. The molecule has 0 saturated heterocycles. The van der Waals surface area contributed by atoms with Crippen LogP contribution in [0.1, 0.15) is 33.6 Å². The molecule has 2 nitrogen and oxygen atoms in total. The van der Waals surface area contributed by atoms with Crippen molar-refractivity contribution in [3.05, 3.63) is 20.2 Å². The van der Waals surface area contributed by atoms with E-state index in [0.717, 1.165) is 31.8 Å². The van der Waals surface area contributed by atoms with Crippen molar-refractivity contribution in [1.82, 2.24) is 0 Å². The molecule has 0 rings (SSSR count). The minimum absolute atomic E-state index is 0. The van der Waals surface area contributed by atoms with Crippen LogP contribution < -0.4 is 0 Å². The van der Waals surface area contributed by atoms with Crippen LogP contribution in [0.15, 0.2) is 4.99 Å². The second-order valence-corrected chi connectivity index (χ2v) is 2.11. The van der Waals surface area contributed by atoms with Crippen molar-refractivity contribution in [1.29, 1.82) is 0 Å². The normalized spacial score (nSPS) is 9.00. The maximum Gasteiger partial charge on any atom is 0 e. The molecule has 0 aliphatic carbocycles. The molecule has 79 valence electrons. The van der Waals surface area contributed by atoms with Crippen molar-refractivity contribution in [2.75, 3.05) is 13.1 Å². The Hall–Kier alpha value is 0.340. The van der Waals surface area contributed by atoms with Crippen LogP contribution in [0.3, 0.4) is 0 Å². The van der Waals surface area contributed by atoms with E-state index >= 15 is 0 Å². The fourth-order valence-corrected chi connectivity index (χ4v) is 0.797. The molecule has 3 heteroatoms. The van der Waals surface area contributed by atoms with Gasteiger partial charge in [-0.2, -0.15) is 0 Å². The van der Waals surface area contributed by atoms with Crippen LogP contribution in [-0.4, -0.2) is 18.9 Å². The summed E-state index contributed by atoms with van der Waals surface area (Å²) >= 11 is 0. The summed E-state index contributed by atoms with van der Waals surface area (Å²) in [6.45, 7) is 7.95. The maximum atomic E-state index is 4.25. The monoisotopic (exact) mass is 216 g/mol. The molecule has 0 aromatic heterocycles. The smallest absolute Gasteiger partial charge is 0 e. The Morgan fingerprint density at radius 2 is 1.69 bits per heavy atom. The quantitative estimate of drug-likeness (QED) is 0.390. The van der Waals surface area contributed by atoms with Crippen LogP contribution in [0, 0.1) is 14.9 Å². The fourth-order valence-electron chi connectivity index (χ4n) is 0.797. The molecule has 1 radical (unpaired) electrons. The molecular formula is C10H23N2Sc-3. The zero-order chi connectivity index (χ0) is 7.82. The average molecular weight is 216 g/mol. The summed E-state index contributed by atoms with van der Waals surface area (Å²) in [7, 11) is 0. The largest absolute Gasteiger partial charge is 0.470 e. The molecule has 13 heavy (non-hydrogen) atoms. The Labute approximate surface area is 103 Å². The molecule has 0 aliphatic heterocycles. The van der Waals surface area contributed by atoms with E-state index in [2.05, 4.69) is 17.2 Å². The van der Waals surface area contributed by atoms with E-state index in [0.29, 0.717) is 0 Å². The first-order chi connectivity index (χ1) is 4.85. The molecule has 0 aromatic rings. The molecule has 0 N–H and O–H groups in total. The summed E-state index contributed by atoms with van der Waals surface area (Å²) in [6.07, 6.45) is 2.17. The van der Waals surface area contributed by atoms with E-state index in [-0.39, 0.29) is 40.7 Å². The molecule has 0 atom stereocenters. The van der Waals surface area contributed by atoms with Gasteiger partial charge in [-0.25, -0.2) is 0 Å². The molecule has 0 bridgehead atoms. The number of amidine groups is 1. The number of hydrogen-bond acceptors (Lipinski definition) is 1. The average Bonchev–Trinajstić information content (AvgIpc) is 1.90. The van der Waals surface area contributed by atoms with Crippen LogP contribution in [0.25, 0.3) is 5.32 Å². The van der Waals surface area contributed by atoms with Gasteiger partial charge in [0.15, 0.2) is 0 Å². The van der Waals surface area contributed by atoms with Crippen molar-refractivity contribution < 1.29 is 25.8 Å². The Bertz CT molecular complexity index is 95.1. The van der Waals surface area contributed by atoms with E-state index in [1.807, 2.05) is 13.8 Å². The number of aliphatic imine (C=N–C) groups is 1. The zero-order valence-electron chi connectivity index (χ0n) is 9.80. The first kappa shape index (κ1) is 23.3. The van der Waals surface area contributed by atoms with Crippen LogP contribution in [0.5, 0.6) is 0 Å². The molecule has 0 aromatic carbocycles. The zero-order valence-corrected chi connectivity index (χ0v) is 11.6. The van der Waals surface area contributed by atoms with Crippen LogP contribution in [0.2, 0.25) is 0 Å². The minimum Gasteiger partial charge on any atom is -0.470 e. The van der Waals surface area contributed by atoms with E-state index in [1.165, 1.54) is 0 Å². The van der Waals surface area contributed by atoms with Crippen molar-refractivity contribution in [2.24, 2.45) is 4.99 Å². The molecule has 0 unspecified atom stereocenters. The summed E-state index contributed by atoms with van der Waals surface area (Å²) in [5, 5.41) is 4.25. The predicted octanol–water partition coefficient (Wildman–Crippen LogP) is 3.50. The van der Waals surface area contributed by atoms with Crippen LogP contribution in [-0.2, 0) is 25.8 Å². The third kappa shape index (κ3) is 15.1. The molecular weight excluding hydrogens is 193 g/mol. The van der Waals surface area contributed by atoms with E-state index in [1.54, 1.807) is 0 Å². The van der Waals surface area contributed by atoms with Gasteiger partial charge >= 0.3 is 0 Å². The standard InChI is InChI=1S/C8H17N2.2CH3.Sc/c1-4-7-8(9-5-2)10-6-3;;;/h4-7H2,1-3H3;2*1H3;/q3*-1;. The first-order valence-corrected chi connectivity index (χ1v) is 4.05. The van der Waals surface area contributed by atoms with Gasteiger partial charge in [-0.1, -0.05) is 46.1 Å². The van der Waals surface area contributed by atoms with E-state index < -0.39 is 0 Å². The minimum atomic E-state index is 0. The van der Waals surface area contributed by atoms with Gasteiger partial charge in [0.2, 0.25) is 0 Å². The Kier molecular flexibility index (Phi) is 32.6. The third-order valence-corrected chi connectivity index (χ3v) is 1.15. The summed E-state index contributed by atoms with van der Waals surface area (Å²) in [6, 6.07) is 0. The number of nitrogens with zero attached hydrogens (tertiary/aromatic N) is 2. The maximum absolute atomic E-state index is 4.25. The first-order valence-electron chi connectivity index (χ1n) is 4.05. The Balaban J connectivity index is -0.000000135. The summed E-state index contributed by atoms with van der Waals surface area (Å²) in [5.41, 5.74) is 0. The fraction of sp³-hybridized carbons (Fsp3) is 0.700. The molecule has 0 fully saturated rings. The Morgan fingerprint density at radius 1 is 1.15 bits per heavy atom. The molecule has 0 saturated carbocycles. The van der Waals surface area contributed by atoms with Gasteiger partial charge in [-0.05, 0) is 6.42 Å². The van der Waals surface area contributed by atoms with Gasteiger partial charge in [0.1, 0.15) is 0 Å². The SMILES string of the molecule is CCCC(=NCC)[N-]CC.[CH3-].[CH3-].[Sc]. The van der Waals surface area contributed by atoms with Gasteiger partial charge in [-0.3, -0.25) is 0 Å². The number of hydrogen-bond donors (Lipinski definition) is 0. The van der Waals surface area contributed by atoms with Crippen LogP contribution >= 0.6 is 0 Å². The van der Waals surface area contributed by atoms with E-state index in [4.69, 9.17) is 0 Å². The third-order valence-electron chi connectivity index (χ3n) is 1.15. The Morgan fingerprint density at radius 3 is 2.00 bits per heavy atom. The molecule has 0 aliphatic rings. The van der Waals surface area contributed by atoms with Crippen molar-refractivity contribution in [3.63, 3.8) is 0 Å². The second-order valence-electron chi connectivity index (χ2n) is 2.11. The van der Waals surface area contributed by atoms with Crippen molar-refractivity contribution in [2.45, 2.75) is 33.6 Å². The summed E-state index contributed by atoms with van der Waals surface area (Å²) in [5.74, 6) is 1.03. The van der Waals surface area contributed by atoms with Gasteiger partial charge in [0.25, 0.3) is 0 Å². The molecule has 0 amide bonds. The summed E-state index contributed by atoms with van der Waals surface area (Å²) < 4.78 is 0. The van der Waals surface area contributed by atoms with Crippen molar-refractivity contribution in [3.8, 4) is 0 Å². The topological polar surface area (TPSA) is 26.5 Å². The van der Waals surface area contributed by atoms with E-state index in [9.17, 15) is 0 Å². The van der Waals surface area contributed by atoms with Crippen molar-refractivity contribution >= 4 is 5.84 Å². The van der Waals surface area contributed by atoms with Crippen LogP contribution in [0.4, 0.5) is 0 Å². The van der Waals surface area contributed by atoms with Gasteiger partial charge in [0.05, 0.1) is 0 Å². The van der Waals surface area contributed by atoms with Gasteiger partial charge in [-0.15, -0.1) is 0 Å². The number of rotatable bonds is 4. The van der Waals surface area contributed by atoms with Gasteiger partial charge in [0, 0.05) is 25.8 Å². The summed E-state index contributed by atoms with van der Waals surface area (Å²) in [4.78, 5) is 4.25. The van der Waals surface area contributed by atoms with Gasteiger partial charge < -0.3 is 25.2 Å². The molecule has 0 heterocycles.